The molecule has 0 aliphatic carbocycles. The second-order valence-corrected chi connectivity index (χ2v) is 5.76. The summed E-state index contributed by atoms with van der Waals surface area (Å²) in [5.41, 5.74) is 1.23. The van der Waals surface area contributed by atoms with E-state index in [1.165, 1.54) is 13.3 Å². The van der Waals surface area contributed by atoms with Crippen LogP contribution in [0.15, 0.2) is 53.5 Å². The van der Waals surface area contributed by atoms with Gasteiger partial charge in [0.25, 0.3) is 0 Å². The van der Waals surface area contributed by atoms with E-state index in [-0.39, 0.29) is 11.7 Å². The Kier molecular flexibility index (Phi) is 4.97. The summed E-state index contributed by atoms with van der Waals surface area (Å²) >= 11 is 0. The van der Waals surface area contributed by atoms with Crippen LogP contribution < -0.4 is 15.6 Å². The van der Waals surface area contributed by atoms with E-state index in [9.17, 15) is 13.6 Å². The van der Waals surface area contributed by atoms with Crippen molar-refractivity contribution in [3.8, 4) is 5.75 Å². The van der Waals surface area contributed by atoms with Crippen molar-refractivity contribution in [2.75, 3.05) is 12.4 Å². The number of nitrogens with zero attached hydrogens (tertiary/aromatic N) is 2. The van der Waals surface area contributed by atoms with Gasteiger partial charge in [-0.15, -0.1) is 0 Å². The highest BCUT2D eigenvalue weighted by molar-refractivity contribution is 5.59. The van der Waals surface area contributed by atoms with Crippen LogP contribution in [0.1, 0.15) is 11.1 Å². The summed E-state index contributed by atoms with van der Waals surface area (Å²) in [6, 6.07) is 11.7. The molecule has 0 aliphatic heterocycles. The van der Waals surface area contributed by atoms with Crippen molar-refractivity contribution >= 4 is 11.6 Å². The Morgan fingerprint density at radius 1 is 1.15 bits per heavy atom. The average Bonchev–Trinajstić information content (AvgIpc) is 2.62. The molecule has 1 heterocycles. The zero-order valence-corrected chi connectivity index (χ0v) is 14.3. The zero-order chi connectivity index (χ0) is 18.7. The number of hydrogen-bond donors (Lipinski definition) is 1. The third kappa shape index (κ3) is 3.72. The molecule has 0 amide bonds. The van der Waals surface area contributed by atoms with Crippen molar-refractivity contribution in [3.63, 3.8) is 0 Å². The Balaban J connectivity index is 2.04. The number of halogens is 2. The van der Waals surface area contributed by atoms with E-state index in [0.29, 0.717) is 17.8 Å². The zero-order valence-electron chi connectivity index (χ0n) is 14.3. The molecule has 3 aromatic rings. The maximum Gasteiger partial charge on any atom is 0.316 e. The molecule has 0 unspecified atom stereocenters. The number of rotatable bonds is 5. The molecule has 1 aromatic heterocycles. The fourth-order valence-electron chi connectivity index (χ4n) is 2.52. The lowest BCUT2D eigenvalue weighted by molar-refractivity contribution is 0.402. The Morgan fingerprint density at radius 2 is 1.85 bits per heavy atom. The van der Waals surface area contributed by atoms with Gasteiger partial charge >= 0.3 is 5.56 Å². The molecule has 26 heavy (non-hydrogen) atoms. The molecule has 0 bridgehead atoms. The quantitative estimate of drug-likeness (QED) is 0.758. The van der Waals surface area contributed by atoms with Crippen LogP contribution in [0.5, 0.6) is 5.75 Å². The molecule has 1 N–H and O–H groups in total. The molecular weight excluding hydrogens is 340 g/mol. The number of hydrogen-bond acceptors (Lipinski definition) is 4. The van der Waals surface area contributed by atoms with E-state index in [4.69, 9.17) is 4.74 Å². The van der Waals surface area contributed by atoms with Gasteiger partial charge in [-0.3, -0.25) is 4.79 Å². The summed E-state index contributed by atoms with van der Waals surface area (Å²) in [6.45, 7) is 2.05. The second-order valence-electron chi connectivity index (χ2n) is 5.76. The normalized spacial score (nSPS) is 10.6. The van der Waals surface area contributed by atoms with Crippen molar-refractivity contribution < 1.29 is 13.5 Å². The van der Waals surface area contributed by atoms with Gasteiger partial charge in [-0.05, 0) is 24.1 Å². The first kappa shape index (κ1) is 17.6. The van der Waals surface area contributed by atoms with Crippen LogP contribution in [-0.4, -0.2) is 16.7 Å². The smallest absolute Gasteiger partial charge is 0.316 e. The Labute approximate surface area is 148 Å². The van der Waals surface area contributed by atoms with Crippen molar-refractivity contribution in [1.82, 2.24) is 9.55 Å². The second kappa shape index (κ2) is 7.35. The minimum Gasteiger partial charge on any atom is -0.490 e. The summed E-state index contributed by atoms with van der Waals surface area (Å²) in [4.78, 5) is 16.0. The maximum absolute atomic E-state index is 13.6. The van der Waals surface area contributed by atoms with Gasteiger partial charge < -0.3 is 14.6 Å². The Hall–Kier alpha value is -3.22. The lowest BCUT2D eigenvalue weighted by atomic mass is 10.2. The SMILES string of the molecule is COc1cn(Cc2ccccc2)c(Nc2cc(F)c(F)cc2C)nc1=O. The number of nitrogens with one attached hydrogen (secondary N) is 1. The topological polar surface area (TPSA) is 56.1 Å². The van der Waals surface area contributed by atoms with E-state index < -0.39 is 17.2 Å². The first-order valence-corrected chi connectivity index (χ1v) is 7.90. The summed E-state index contributed by atoms with van der Waals surface area (Å²) in [7, 11) is 1.39. The summed E-state index contributed by atoms with van der Waals surface area (Å²) in [5, 5.41) is 2.91. The van der Waals surface area contributed by atoms with Gasteiger partial charge in [-0.1, -0.05) is 30.3 Å². The number of ether oxygens (including phenoxy) is 1. The number of benzene rings is 2. The minimum atomic E-state index is -0.983. The molecule has 7 heteroatoms. The van der Waals surface area contributed by atoms with Crippen LogP contribution in [0.2, 0.25) is 0 Å². The van der Waals surface area contributed by atoms with Crippen LogP contribution in [0.25, 0.3) is 0 Å². The molecule has 2 aromatic carbocycles. The van der Waals surface area contributed by atoms with Gasteiger partial charge in [0.15, 0.2) is 11.6 Å². The molecular formula is C19H17F2N3O2. The number of anilines is 2. The maximum atomic E-state index is 13.6. The number of methoxy groups -OCH3 is 1. The van der Waals surface area contributed by atoms with E-state index in [1.807, 2.05) is 30.3 Å². The fraction of sp³-hybridized carbons (Fsp3) is 0.158. The monoisotopic (exact) mass is 357 g/mol. The predicted octanol–water partition coefficient (Wildman–Crippen LogP) is 3.63. The molecule has 134 valence electrons. The van der Waals surface area contributed by atoms with Crippen molar-refractivity contribution in [2.24, 2.45) is 0 Å². The predicted molar refractivity (Wildman–Crippen MR) is 95.0 cm³/mol. The van der Waals surface area contributed by atoms with Gasteiger partial charge in [0, 0.05) is 11.8 Å². The molecule has 0 saturated carbocycles. The molecule has 0 radical (unpaired) electrons. The molecule has 0 saturated heterocycles. The Morgan fingerprint density at radius 3 is 2.54 bits per heavy atom. The highest BCUT2D eigenvalue weighted by Crippen LogP contribution is 2.23. The van der Waals surface area contributed by atoms with Crippen LogP contribution in [0.4, 0.5) is 20.4 Å². The van der Waals surface area contributed by atoms with Crippen molar-refractivity contribution in [1.29, 1.82) is 0 Å². The lowest BCUT2D eigenvalue weighted by Gasteiger charge is -2.16. The molecule has 0 spiro atoms. The number of aryl methyl sites for hydroxylation is 1. The van der Waals surface area contributed by atoms with Gasteiger partial charge in [0.05, 0.1) is 19.9 Å². The minimum absolute atomic E-state index is 0.0912. The third-order valence-corrected chi connectivity index (χ3v) is 3.89. The molecule has 0 aliphatic rings. The van der Waals surface area contributed by atoms with E-state index in [2.05, 4.69) is 10.3 Å². The first-order valence-electron chi connectivity index (χ1n) is 7.90. The molecule has 3 rings (SSSR count). The average molecular weight is 357 g/mol. The van der Waals surface area contributed by atoms with E-state index in [1.54, 1.807) is 11.5 Å². The highest BCUT2D eigenvalue weighted by atomic mass is 19.2. The van der Waals surface area contributed by atoms with Crippen LogP contribution in [0.3, 0.4) is 0 Å². The van der Waals surface area contributed by atoms with E-state index >= 15 is 0 Å². The standard InChI is InChI=1S/C19H17F2N3O2/c1-12-8-14(20)15(21)9-16(12)22-19-23-18(25)17(26-2)11-24(19)10-13-6-4-3-5-7-13/h3-9,11H,10H2,1-2H3,(H,22,23,25). The molecule has 0 atom stereocenters. The fourth-order valence-corrected chi connectivity index (χ4v) is 2.52. The van der Waals surface area contributed by atoms with Crippen LogP contribution in [0, 0.1) is 18.6 Å². The van der Waals surface area contributed by atoms with Crippen LogP contribution >= 0.6 is 0 Å². The molecule has 5 nitrogen and oxygen atoms in total. The van der Waals surface area contributed by atoms with E-state index in [0.717, 1.165) is 17.7 Å². The van der Waals surface area contributed by atoms with Gasteiger partial charge in [-0.25, -0.2) is 8.78 Å². The summed E-state index contributed by atoms with van der Waals surface area (Å²) in [5.74, 6) is -1.62. The van der Waals surface area contributed by atoms with Gasteiger partial charge in [0.2, 0.25) is 11.7 Å². The summed E-state index contributed by atoms with van der Waals surface area (Å²) in [6.07, 6.45) is 1.53. The Bertz CT molecular complexity index is 988. The van der Waals surface area contributed by atoms with Crippen LogP contribution in [-0.2, 0) is 6.54 Å². The van der Waals surface area contributed by atoms with Gasteiger partial charge in [-0.2, -0.15) is 4.98 Å². The third-order valence-electron chi connectivity index (χ3n) is 3.89. The van der Waals surface area contributed by atoms with Crippen molar-refractivity contribution in [2.45, 2.75) is 13.5 Å². The number of aromatic nitrogens is 2. The van der Waals surface area contributed by atoms with Crippen molar-refractivity contribution in [3.05, 3.63) is 81.8 Å². The largest absolute Gasteiger partial charge is 0.490 e. The van der Waals surface area contributed by atoms with Gasteiger partial charge in [0.1, 0.15) is 0 Å². The summed E-state index contributed by atoms with van der Waals surface area (Å²) < 4.78 is 33.7. The lowest BCUT2D eigenvalue weighted by Crippen LogP contribution is -2.19. The first-order chi connectivity index (χ1) is 12.5. The highest BCUT2D eigenvalue weighted by Gasteiger charge is 2.13. The molecule has 0 fully saturated rings.